The van der Waals surface area contributed by atoms with Crippen LogP contribution in [0.1, 0.15) is 5.56 Å². The van der Waals surface area contributed by atoms with Crippen LogP contribution in [0.2, 0.25) is 0 Å². The molecule has 0 aliphatic carbocycles. The fraction of sp³-hybridized carbons (Fsp3) is 0.235. The molecule has 0 aliphatic heterocycles. The van der Waals surface area contributed by atoms with Crippen LogP contribution in [0.5, 0.6) is 11.5 Å². The highest BCUT2D eigenvalue weighted by Crippen LogP contribution is 2.25. The maximum Gasteiger partial charge on any atom is 0.315 e. The number of urea groups is 1. The zero-order valence-electron chi connectivity index (χ0n) is 13.4. The predicted molar refractivity (Wildman–Crippen MR) is 92.8 cm³/mol. The molecule has 2 aromatic rings. The third-order valence-corrected chi connectivity index (χ3v) is 3.83. The van der Waals surface area contributed by atoms with Crippen molar-refractivity contribution in [3.05, 3.63) is 58.1 Å². The van der Waals surface area contributed by atoms with Gasteiger partial charge in [0.05, 0.1) is 18.1 Å². The molecule has 5 nitrogen and oxygen atoms in total. The van der Waals surface area contributed by atoms with E-state index in [9.17, 15) is 13.6 Å². The fourth-order valence-electron chi connectivity index (χ4n) is 1.98. The van der Waals surface area contributed by atoms with Gasteiger partial charge in [0.15, 0.2) is 11.6 Å². The zero-order valence-corrected chi connectivity index (χ0v) is 15.0. The third-order valence-electron chi connectivity index (χ3n) is 3.21. The summed E-state index contributed by atoms with van der Waals surface area (Å²) < 4.78 is 37.2. The van der Waals surface area contributed by atoms with Crippen molar-refractivity contribution >= 4 is 22.0 Å². The lowest BCUT2D eigenvalue weighted by molar-refractivity contribution is 0.235. The molecule has 2 N–H and O–H groups in total. The average Bonchev–Trinajstić information content (AvgIpc) is 2.58. The second kappa shape index (κ2) is 9.22. The second-order valence-corrected chi connectivity index (χ2v) is 5.86. The molecule has 2 aromatic carbocycles. The van der Waals surface area contributed by atoms with Gasteiger partial charge in [-0.25, -0.2) is 13.6 Å². The van der Waals surface area contributed by atoms with Gasteiger partial charge in [0.2, 0.25) is 0 Å². The molecule has 0 saturated heterocycles. The molecule has 25 heavy (non-hydrogen) atoms. The zero-order chi connectivity index (χ0) is 18.2. The number of benzene rings is 2. The average molecular weight is 415 g/mol. The van der Waals surface area contributed by atoms with Crippen LogP contribution >= 0.6 is 15.9 Å². The molecule has 0 spiro atoms. The molecule has 0 fully saturated rings. The van der Waals surface area contributed by atoms with E-state index in [1.54, 1.807) is 13.2 Å². The van der Waals surface area contributed by atoms with Crippen molar-refractivity contribution in [3.8, 4) is 11.5 Å². The summed E-state index contributed by atoms with van der Waals surface area (Å²) in [5.74, 6) is -0.813. The van der Waals surface area contributed by atoms with E-state index in [-0.39, 0.29) is 24.9 Å². The van der Waals surface area contributed by atoms with E-state index < -0.39 is 11.6 Å². The molecule has 134 valence electrons. The van der Waals surface area contributed by atoms with Gasteiger partial charge in [0.1, 0.15) is 18.2 Å². The van der Waals surface area contributed by atoms with Gasteiger partial charge in [-0.15, -0.1) is 0 Å². The summed E-state index contributed by atoms with van der Waals surface area (Å²) in [6.07, 6.45) is 0. The summed E-state index contributed by atoms with van der Waals surface area (Å²) in [7, 11) is 1.57. The molecule has 2 rings (SSSR count). The third kappa shape index (κ3) is 5.90. The normalized spacial score (nSPS) is 10.2. The summed E-state index contributed by atoms with van der Waals surface area (Å²) >= 11 is 3.37. The number of hydrogen-bond donors (Lipinski definition) is 2. The number of hydrogen-bond acceptors (Lipinski definition) is 3. The maximum atomic E-state index is 13.4. The fourth-order valence-corrected chi connectivity index (χ4v) is 2.57. The highest BCUT2D eigenvalue weighted by atomic mass is 79.9. The Labute approximate surface area is 152 Å². The Morgan fingerprint density at radius 2 is 1.88 bits per heavy atom. The summed E-state index contributed by atoms with van der Waals surface area (Å²) in [5.41, 5.74) is 0.896. The van der Waals surface area contributed by atoms with Crippen LogP contribution in [-0.2, 0) is 6.54 Å². The number of carbonyl (C=O) groups excluding carboxylic acids is 1. The molecule has 2 amide bonds. The Morgan fingerprint density at radius 3 is 2.56 bits per heavy atom. The molecule has 0 aliphatic rings. The van der Waals surface area contributed by atoms with Crippen molar-refractivity contribution in [2.75, 3.05) is 20.3 Å². The lowest BCUT2D eigenvalue weighted by Gasteiger charge is -2.10. The van der Waals surface area contributed by atoms with Gasteiger partial charge in [-0.05, 0) is 45.8 Å². The Balaban J connectivity index is 1.69. The lowest BCUT2D eigenvalue weighted by Crippen LogP contribution is -2.37. The van der Waals surface area contributed by atoms with Crippen molar-refractivity contribution in [2.45, 2.75) is 6.54 Å². The van der Waals surface area contributed by atoms with E-state index in [2.05, 4.69) is 26.6 Å². The van der Waals surface area contributed by atoms with Gasteiger partial charge >= 0.3 is 6.03 Å². The smallest absolute Gasteiger partial charge is 0.315 e. The Bertz CT molecular complexity index is 744. The number of amides is 2. The van der Waals surface area contributed by atoms with Gasteiger partial charge in [0.25, 0.3) is 0 Å². The molecular formula is C17H17BrF2N2O3. The van der Waals surface area contributed by atoms with Crippen molar-refractivity contribution in [2.24, 2.45) is 0 Å². The van der Waals surface area contributed by atoms with E-state index in [1.807, 2.05) is 12.1 Å². The van der Waals surface area contributed by atoms with E-state index in [0.717, 1.165) is 22.2 Å². The van der Waals surface area contributed by atoms with E-state index in [1.165, 1.54) is 6.07 Å². The maximum absolute atomic E-state index is 13.4. The van der Waals surface area contributed by atoms with Crippen molar-refractivity contribution in [1.82, 2.24) is 10.6 Å². The van der Waals surface area contributed by atoms with Crippen LogP contribution < -0.4 is 20.1 Å². The molecule has 0 saturated carbocycles. The predicted octanol–water partition coefficient (Wildman–Crippen LogP) is 3.61. The first-order chi connectivity index (χ1) is 12.0. The molecular weight excluding hydrogens is 398 g/mol. The largest absolute Gasteiger partial charge is 0.496 e. The SMILES string of the molecule is COc1ccc(CNC(=O)NCCOc2ccc(F)cc2F)cc1Br. The van der Waals surface area contributed by atoms with Gasteiger partial charge in [-0.1, -0.05) is 6.07 Å². The monoisotopic (exact) mass is 414 g/mol. The second-order valence-electron chi connectivity index (χ2n) is 5.00. The molecule has 8 heteroatoms. The van der Waals surface area contributed by atoms with Crippen molar-refractivity contribution in [3.63, 3.8) is 0 Å². The van der Waals surface area contributed by atoms with E-state index >= 15 is 0 Å². The van der Waals surface area contributed by atoms with Crippen LogP contribution in [0, 0.1) is 11.6 Å². The minimum atomic E-state index is -0.783. The molecule has 0 heterocycles. The van der Waals surface area contributed by atoms with Crippen LogP contribution in [0.25, 0.3) is 0 Å². The molecule has 0 radical (unpaired) electrons. The molecule has 0 atom stereocenters. The highest BCUT2D eigenvalue weighted by Gasteiger charge is 2.06. The molecule has 0 aromatic heterocycles. The van der Waals surface area contributed by atoms with Crippen LogP contribution in [-0.4, -0.2) is 26.3 Å². The summed E-state index contributed by atoms with van der Waals surface area (Å²) in [5, 5.41) is 5.27. The molecule has 0 bridgehead atoms. The van der Waals surface area contributed by atoms with Crippen LogP contribution in [0.4, 0.5) is 13.6 Å². The number of methoxy groups -OCH3 is 1. The number of nitrogens with one attached hydrogen (secondary N) is 2. The number of rotatable bonds is 7. The van der Waals surface area contributed by atoms with Crippen molar-refractivity contribution in [1.29, 1.82) is 0 Å². The van der Waals surface area contributed by atoms with Gasteiger partial charge in [-0.3, -0.25) is 0 Å². The minimum Gasteiger partial charge on any atom is -0.496 e. The van der Waals surface area contributed by atoms with E-state index in [4.69, 9.17) is 9.47 Å². The van der Waals surface area contributed by atoms with Gasteiger partial charge < -0.3 is 20.1 Å². The Kier molecular flexibility index (Phi) is 7.00. The first kappa shape index (κ1) is 19.0. The van der Waals surface area contributed by atoms with Gasteiger partial charge in [-0.2, -0.15) is 0 Å². The van der Waals surface area contributed by atoms with Crippen molar-refractivity contribution < 1.29 is 23.0 Å². The number of carbonyl (C=O) groups is 1. The topological polar surface area (TPSA) is 59.6 Å². The summed E-state index contributed by atoms with van der Waals surface area (Å²) in [4.78, 5) is 11.7. The Morgan fingerprint density at radius 1 is 1.12 bits per heavy atom. The minimum absolute atomic E-state index is 0.0596. The summed E-state index contributed by atoms with van der Waals surface area (Å²) in [6.45, 7) is 0.570. The first-order valence-corrected chi connectivity index (χ1v) is 8.21. The van der Waals surface area contributed by atoms with Crippen LogP contribution in [0.15, 0.2) is 40.9 Å². The highest BCUT2D eigenvalue weighted by molar-refractivity contribution is 9.10. The van der Waals surface area contributed by atoms with E-state index in [0.29, 0.717) is 12.3 Å². The number of halogens is 3. The standard InChI is InChI=1S/C17H17BrF2N2O3/c1-24-15-4-2-11(8-13(15)18)10-22-17(23)21-6-7-25-16-5-3-12(19)9-14(16)20/h2-5,8-9H,6-7,10H2,1H3,(H2,21,22,23). The quantitative estimate of drug-likeness (QED) is 0.680. The Hall–Kier alpha value is -2.35. The first-order valence-electron chi connectivity index (χ1n) is 7.41. The van der Waals surface area contributed by atoms with Crippen LogP contribution in [0.3, 0.4) is 0 Å². The molecule has 0 unspecified atom stereocenters. The lowest BCUT2D eigenvalue weighted by atomic mass is 10.2. The summed E-state index contributed by atoms with van der Waals surface area (Å²) in [6, 6.07) is 8.14. The number of ether oxygens (including phenoxy) is 2. The van der Waals surface area contributed by atoms with Gasteiger partial charge in [0, 0.05) is 12.6 Å².